The van der Waals surface area contributed by atoms with Crippen LogP contribution in [0.4, 0.5) is 13.2 Å². The van der Waals surface area contributed by atoms with Gasteiger partial charge in [-0.2, -0.15) is 13.2 Å². The van der Waals surface area contributed by atoms with Crippen molar-refractivity contribution in [3.8, 4) is 0 Å². The molecule has 1 fully saturated rings. The first kappa shape index (κ1) is 20.0. The molecule has 8 heteroatoms. The van der Waals surface area contributed by atoms with Gasteiger partial charge < -0.3 is 10.4 Å². The smallest absolute Gasteiger partial charge is 0.395 e. The second kappa shape index (κ2) is 8.87. The molecule has 2 rings (SSSR count). The lowest BCUT2D eigenvalue weighted by Crippen LogP contribution is -2.43. The summed E-state index contributed by atoms with van der Waals surface area (Å²) in [7, 11) is 0. The van der Waals surface area contributed by atoms with E-state index in [4.69, 9.17) is 11.6 Å². The number of nitrogens with zero attached hydrogens (tertiary/aromatic N) is 1. The van der Waals surface area contributed by atoms with Crippen molar-refractivity contribution in [1.82, 2.24) is 10.2 Å². The van der Waals surface area contributed by atoms with Crippen molar-refractivity contribution in [1.29, 1.82) is 0 Å². The largest absolute Gasteiger partial charge is 0.416 e. The van der Waals surface area contributed by atoms with Crippen molar-refractivity contribution in [3.63, 3.8) is 0 Å². The van der Waals surface area contributed by atoms with Crippen LogP contribution in [0.25, 0.3) is 0 Å². The third kappa shape index (κ3) is 5.59. The number of aliphatic hydroxyl groups excluding tert-OH is 1. The molecule has 1 aromatic rings. The van der Waals surface area contributed by atoms with Gasteiger partial charge in [0.15, 0.2) is 0 Å². The number of likely N-dealkylation sites (tertiary alicyclic amines) is 1. The van der Waals surface area contributed by atoms with E-state index in [1.165, 1.54) is 0 Å². The Hall–Kier alpha value is -1.31. The molecule has 1 atom stereocenters. The number of amides is 1. The van der Waals surface area contributed by atoms with E-state index in [0.717, 1.165) is 50.6 Å². The molecule has 0 aromatic heterocycles. The Balaban J connectivity index is 1.86. The highest BCUT2D eigenvalue weighted by Crippen LogP contribution is 2.31. The van der Waals surface area contributed by atoms with Crippen molar-refractivity contribution in [3.05, 3.63) is 34.3 Å². The lowest BCUT2D eigenvalue weighted by atomic mass is 10.0. The van der Waals surface area contributed by atoms with Gasteiger partial charge in [-0.3, -0.25) is 9.69 Å². The molecule has 0 spiro atoms. The quantitative estimate of drug-likeness (QED) is 0.747. The highest BCUT2D eigenvalue weighted by Gasteiger charge is 2.31. The van der Waals surface area contributed by atoms with E-state index >= 15 is 0 Å². The average molecular weight is 379 g/mol. The lowest BCUT2D eigenvalue weighted by molar-refractivity contribution is -0.137. The van der Waals surface area contributed by atoms with E-state index in [1.54, 1.807) is 0 Å². The molecular formula is C17H22ClF3N2O2. The maximum absolute atomic E-state index is 12.7. The zero-order chi connectivity index (χ0) is 18.4. The van der Waals surface area contributed by atoms with Crippen LogP contribution < -0.4 is 5.32 Å². The molecule has 25 heavy (non-hydrogen) atoms. The van der Waals surface area contributed by atoms with Crippen molar-refractivity contribution in [2.45, 2.75) is 37.9 Å². The van der Waals surface area contributed by atoms with Crippen LogP contribution in [-0.4, -0.2) is 48.2 Å². The zero-order valence-electron chi connectivity index (χ0n) is 13.8. The Morgan fingerprint density at radius 3 is 2.80 bits per heavy atom. The fourth-order valence-electron chi connectivity index (χ4n) is 3.02. The summed E-state index contributed by atoms with van der Waals surface area (Å²) in [5.41, 5.74) is -1.08. The minimum Gasteiger partial charge on any atom is -0.395 e. The van der Waals surface area contributed by atoms with Crippen LogP contribution in [0.15, 0.2) is 18.2 Å². The van der Waals surface area contributed by atoms with E-state index < -0.39 is 17.6 Å². The monoisotopic (exact) mass is 378 g/mol. The van der Waals surface area contributed by atoms with Crippen molar-refractivity contribution in [2.24, 2.45) is 0 Å². The third-order valence-corrected chi connectivity index (χ3v) is 4.74. The second-order valence-electron chi connectivity index (χ2n) is 6.17. The van der Waals surface area contributed by atoms with Crippen LogP contribution >= 0.6 is 11.6 Å². The van der Waals surface area contributed by atoms with Gasteiger partial charge in [0.1, 0.15) is 0 Å². The number of hydrogen-bond donors (Lipinski definition) is 2. The van der Waals surface area contributed by atoms with Crippen LogP contribution in [0.2, 0.25) is 5.02 Å². The molecule has 1 saturated heterocycles. The first-order chi connectivity index (χ1) is 11.8. The minimum absolute atomic E-state index is 0.0122. The van der Waals surface area contributed by atoms with Crippen LogP contribution in [0.1, 0.15) is 41.6 Å². The molecular weight excluding hydrogens is 357 g/mol. The van der Waals surface area contributed by atoms with Gasteiger partial charge in [0.2, 0.25) is 0 Å². The van der Waals surface area contributed by atoms with E-state index in [0.29, 0.717) is 13.0 Å². The maximum atomic E-state index is 12.7. The number of alkyl halides is 3. The van der Waals surface area contributed by atoms with Gasteiger partial charge in [-0.25, -0.2) is 0 Å². The summed E-state index contributed by atoms with van der Waals surface area (Å²) in [5.74, 6) is -0.617. The van der Waals surface area contributed by atoms with E-state index in [9.17, 15) is 23.1 Å². The normalized spacial score (nSPS) is 19.0. The summed E-state index contributed by atoms with van der Waals surface area (Å²) >= 11 is 5.85. The van der Waals surface area contributed by atoms with Gasteiger partial charge in [-0.1, -0.05) is 18.0 Å². The Morgan fingerprint density at radius 1 is 1.36 bits per heavy atom. The first-order valence-corrected chi connectivity index (χ1v) is 8.70. The van der Waals surface area contributed by atoms with Crippen LogP contribution in [-0.2, 0) is 6.18 Å². The molecule has 0 aliphatic carbocycles. The number of aliphatic hydroxyl groups is 1. The fraction of sp³-hybridized carbons (Fsp3) is 0.588. The summed E-state index contributed by atoms with van der Waals surface area (Å²) in [5, 5.41) is 12.0. The van der Waals surface area contributed by atoms with E-state index in [-0.39, 0.29) is 23.2 Å². The number of carbonyl (C=O) groups excluding carboxylic acids is 1. The Kier molecular flexibility index (Phi) is 7.10. The van der Waals surface area contributed by atoms with Crippen molar-refractivity contribution >= 4 is 17.5 Å². The number of rotatable bonds is 6. The van der Waals surface area contributed by atoms with Crippen LogP contribution in [0.5, 0.6) is 0 Å². The highest BCUT2D eigenvalue weighted by atomic mass is 35.5. The number of benzene rings is 1. The summed E-state index contributed by atoms with van der Waals surface area (Å²) in [6.07, 6.45) is -0.718. The topological polar surface area (TPSA) is 52.6 Å². The molecule has 0 bridgehead atoms. The number of hydrogen-bond acceptors (Lipinski definition) is 3. The fourth-order valence-corrected chi connectivity index (χ4v) is 3.22. The summed E-state index contributed by atoms with van der Waals surface area (Å²) in [6.45, 7) is 2.09. The Morgan fingerprint density at radius 2 is 2.12 bits per heavy atom. The zero-order valence-corrected chi connectivity index (χ0v) is 14.5. The highest BCUT2D eigenvalue weighted by molar-refractivity contribution is 6.33. The van der Waals surface area contributed by atoms with E-state index in [2.05, 4.69) is 10.2 Å². The van der Waals surface area contributed by atoms with Gasteiger partial charge >= 0.3 is 6.18 Å². The van der Waals surface area contributed by atoms with Gasteiger partial charge in [0.25, 0.3) is 5.91 Å². The van der Waals surface area contributed by atoms with Crippen LogP contribution in [0.3, 0.4) is 0 Å². The van der Waals surface area contributed by atoms with E-state index in [1.807, 2.05) is 0 Å². The molecule has 1 heterocycles. The van der Waals surface area contributed by atoms with Gasteiger partial charge in [-0.05, 0) is 44.0 Å². The predicted molar refractivity (Wildman–Crippen MR) is 89.7 cm³/mol. The van der Waals surface area contributed by atoms with Gasteiger partial charge in [0, 0.05) is 19.1 Å². The third-order valence-electron chi connectivity index (χ3n) is 4.41. The van der Waals surface area contributed by atoms with Crippen molar-refractivity contribution in [2.75, 3.05) is 26.2 Å². The molecule has 4 nitrogen and oxygen atoms in total. The summed E-state index contributed by atoms with van der Waals surface area (Å²) < 4.78 is 38.2. The number of halogens is 4. The molecule has 140 valence electrons. The predicted octanol–water partition coefficient (Wildman–Crippen LogP) is 3.33. The number of carbonyl (C=O) groups is 1. The number of nitrogens with one attached hydrogen (secondary N) is 1. The summed E-state index contributed by atoms with van der Waals surface area (Å²) in [4.78, 5) is 14.3. The van der Waals surface area contributed by atoms with Crippen LogP contribution in [0, 0.1) is 0 Å². The molecule has 0 radical (unpaired) electrons. The molecule has 1 aliphatic heterocycles. The first-order valence-electron chi connectivity index (χ1n) is 8.33. The van der Waals surface area contributed by atoms with Crippen molar-refractivity contribution < 1.29 is 23.1 Å². The SMILES string of the molecule is O=C(NCCCN1CCCCC1CO)c1cc(C(F)(F)F)ccc1Cl. The minimum atomic E-state index is -4.52. The number of piperidine rings is 1. The molecule has 0 saturated carbocycles. The molecule has 2 N–H and O–H groups in total. The summed E-state index contributed by atoms with van der Waals surface area (Å²) in [6, 6.07) is 2.86. The molecule has 1 unspecified atom stereocenters. The average Bonchev–Trinajstić information content (AvgIpc) is 2.58. The Labute approximate surface area is 150 Å². The molecule has 1 aliphatic rings. The lowest BCUT2D eigenvalue weighted by Gasteiger charge is -2.34. The second-order valence-corrected chi connectivity index (χ2v) is 6.58. The van der Waals surface area contributed by atoms with Gasteiger partial charge in [-0.15, -0.1) is 0 Å². The van der Waals surface area contributed by atoms with Gasteiger partial charge in [0.05, 0.1) is 22.8 Å². The Bertz CT molecular complexity index is 596. The molecule has 1 aromatic carbocycles. The maximum Gasteiger partial charge on any atom is 0.416 e. The molecule has 1 amide bonds. The standard InChI is InChI=1S/C17H22ClF3N2O2/c18-15-6-5-12(17(19,20)21)10-14(15)16(25)22-7-3-9-23-8-2-1-4-13(23)11-24/h5-6,10,13,24H,1-4,7-9,11H2,(H,22,25).